The summed E-state index contributed by atoms with van der Waals surface area (Å²) in [6.07, 6.45) is 3.55. The zero-order valence-electron chi connectivity index (χ0n) is 13.5. The number of benzene rings is 1. The van der Waals surface area contributed by atoms with Crippen LogP contribution in [0.2, 0.25) is 5.02 Å². The third-order valence-electron chi connectivity index (χ3n) is 3.59. The molecular weight excluding hydrogens is 322 g/mol. The van der Waals surface area contributed by atoms with Gasteiger partial charge in [-0.3, -0.25) is 4.98 Å². The van der Waals surface area contributed by atoms with Gasteiger partial charge in [0.2, 0.25) is 0 Å². The number of hydrogen-bond acceptors (Lipinski definition) is 5. The number of halogens is 1. The first-order valence-electron chi connectivity index (χ1n) is 7.62. The minimum atomic E-state index is 0.675. The molecule has 2 heterocycles. The Hall–Kier alpha value is -2.66. The maximum Gasteiger partial charge on any atom is 0.136 e. The fraction of sp³-hybridized carbons (Fsp3) is 0.167. The molecule has 122 valence electrons. The molecule has 0 saturated heterocycles. The van der Waals surface area contributed by atoms with Crippen LogP contribution in [-0.2, 0) is 6.54 Å². The van der Waals surface area contributed by atoms with Crippen LogP contribution < -0.4 is 10.6 Å². The molecule has 0 saturated carbocycles. The number of pyridine rings is 1. The average Bonchev–Trinajstić information content (AvgIpc) is 2.58. The van der Waals surface area contributed by atoms with Crippen molar-refractivity contribution in [2.45, 2.75) is 20.4 Å². The molecule has 1 aromatic carbocycles. The molecule has 0 aliphatic rings. The van der Waals surface area contributed by atoms with E-state index in [1.165, 1.54) is 0 Å². The summed E-state index contributed by atoms with van der Waals surface area (Å²) < 4.78 is 0. The van der Waals surface area contributed by atoms with E-state index in [9.17, 15) is 0 Å². The molecule has 0 unspecified atom stereocenters. The highest BCUT2D eigenvalue weighted by molar-refractivity contribution is 6.31. The van der Waals surface area contributed by atoms with E-state index in [0.29, 0.717) is 12.4 Å². The molecule has 0 fully saturated rings. The van der Waals surface area contributed by atoms with Crippen LogP contribution in [0.5, 0.6) is 0 Å². The Bertz CT molecular complexity index is 836. The number of aryl methyl sites for hydroxylation is 1. The van der Waals surface area contributed by atoms with E-state index in [1.54, 1.807) is 12.4 Å². The van der Waals surface area contributed by atoms with E-state index in [4.69, 9.17) is 11.6 Å². The predicted octanol–water partition coefficient (Wildman–Crippen LogP) is 4.50. The molecule has 24 heavy (non-hydrogen) atoms. The lowest BCUT2D eigenvalue weighted by Crippen LogP contribution is -2.05. The Balaban J connectivity index is 1.77. The molecule has 6 heteroatoms. The molecule has 0 radical (unpaired) electrons. The van der Waals surface area contributed by atoms with E-state index in [0.717, 1.165) is 33.5 Å². The van der Waals surface area contributed by atoms with Crippen molar-refractivity contribution in [1.82, 2.24) is 15.0 Å². The molecule has 2 N–H and O–H groups in total. The summed E-state index contributed by atoms with van der Waals surface area (Å²) in [6.45, 7) is 4.52. The summed E-state index contributed by atoms with van der Waals surface area (Å²) in [5.41, 5.74) is 3.06. The van der Waals surface area contributed by atoms with Crippen LogP contribution in [0.3, 0.4) is 0 Å². The quantitative estimate of drug-likeness (QED) is 0.716. The van der Waals surface area contributed by atoms with Gasteiger partial charge in [-0.2, -0.15) is 0 Å². The minimum Gasteiger partial charge on any atom is -0.366 e. The van der Waals surface area contributed by atoms with Crippen molar-refractivity contribution >= 4 is 28.9 Å². The first-order chi connectivity index (χ1) is 11.6. The van der Waals surface area contributed by atoms with Crippen molar-refractivity contribution in [3.05, 3.63) is 70.8 Å². The summed E-state index contributed by atoms with van der Waals surface area (Å²) in [4.78, 5) is 12.9. The first kappa shape index (κ1) is 16.2. The number of nitrogens with one attached hydrogen (secondary N) is 2. The van der Waals surface area contributed by atoms with Gasteiger partial charge in [0.05, 0.1) is 0 Å². The summed E-state index contributed by atoms with van der Waals surface area (Å²) in [5.74, 6) is 2.18. The van der Waals surface area contributed by atoms with Gasteiger partial charge in [-0.1, -0.05) is 17.7 Å². The van der Waals surface area contributed by atoms with Gasteiger partial charge >= 0.3 is 0 Å². The van der Waals surface area contributed by atoms with Crippen molar-refractivity contribution in [3.63, 3.8) is 0 Å². The Morgan fingerprint density at radius 1 is 1.00 bits per heavy atom. The molecule has 0 bridgehead atoms. The van der Waals surface area contributed by atoms with Gasteiger partial charge in [0, 0.05) is 35.7 Å². The molecule has 3 rings (SSSR count). The molecule has 3 aromatic rings. The number of anilines is 3. The first-order valence-corrected chi connectivity index (χ1v) is 8.00. The zero-order chi connectivity index (χ0) is 16.9. The van der Waals surface area contributed by atoms with Gasteiger partial charge in [-0.15, -0.1) is 0 Å². The standard InChI is InChI=1S/C18H18ClN5/c1-12-15(19)4-3-5-16(12)24-18-10-17(22-13(2)23-18)21-11-14-6-8-20-9-7-14/h3-10H,11H2,1-2H3,(H2,21,22,23,24). The van der Waals surface area contributed by atoms with Crippen LogP contribution in [0.4, 0.5) is 17.3 Å². The lowest BCUT2D eigenvalue weighted by molar-refractivity contribution is 1.02. The van der Waals surface area contributed by atoms with Gasteiger partial charge in [-0.05, 0) is 49.2 Å². The number of nitrogens with zero attached hydrogens (tertiary/aromatic N) is 3. The molecule has 2 aromatic heterocycles. The number of aromatic nitrogens is 3. The van der Waals surface area contributed by atoms with Crippen molar-refractivity contribution in [3.8, 4) is 0 Å². The number of rotatable bonds is 5. The Morgan fingerprint density at radius 2 is 1.75 bits per heavy atom. The average molecular weight is 340 g/mol. The number of hydrogen-bond donors (Lipinski definition) is 2. The molecule has 0 aliphatic carbocycles. The molecule has 0 atom stereocenters. The molecular formula is C18H18ClN5. The second-order valence-corrected chi connectivity index (χ2v) is 5.84. The zero-order valence-corrected chi connectivity index (χ0v) is 14.3. The second kappa shape index (κ2) is 7.27. The maximum atomic E-state index is 6.17. The Labute approximate surface area is 146 Å². The third-order valence-corrected chi connectivity index (χ3v) is 4.00. The SMILES string of the molecule is Cc1nc(NCc2ccncc2)cc(Nc2cccc(Cl)c2C)n1. The van der Waals surface area contributed by atoms with Gasteiger partial charge in [0.1, 0.15) is 17.5 Å². The molecule has 0 amide bonds. The molecule has 0 spiro atoms. The smallest absolute Gasteiger partial charge is 0.136 e. The lowest BCUT2D eigenvalue weighted by atomic mass is 10.2. The van der Waals surface area contributed by atoms with Crippen LogP contribution in [0.1, 0.15) is 17.0 Å². The predicted molar refractivity (Wildman–Crippen MR) is 97.8 cm³/mol. The maximum absolute atomic E-state index is 6.17. The fourth-order valence-corrected chi connectivity index (χ4v) is 2.47. The summed E-state index contributed by atoms with van der Waals surface area (Å²) in [6, 6.07) is 11.6. The Kier molecular flexibility index (Phi) is 4.91. The fourth-order valence-electron chi connectivity index (χ4n) is 2.30. The molecule has 5 nitrogen and oxygen atoms in total. The van der Waals surface area contributed by atoms with Crippen molar-refractivity contribution in [2.75, 3.05) is 10.6 Å². The summed E-state index contributed by atoms with van der Waals surface area (Å²) in [5, 5.41) is 7.34. The van der Waals surface area contributed by atoms with Gasteiger partial charge in [-0.25, -0.2) is 9.97 Å². The Morgan fingerprint density at radius 3 is 2.54 bits per heavy atom. The third kappa shape index (κ3) is 4.00. The van der Waals surface area contributed by atoms with Gasteiger partial charge in [0.15, 0.2) is 0 Å². The lowest BCUT2D eigenvalue weighted by Gasteiger charge is -2.12. The van der Waals surface area contributed by atoms with Crippen LogP contribution in [-0.4, -0.2) is 15.0 Å². The van der Waals surface area contributed by atoms with E-state index >= 15 is 0 Å². The van der Waals surface area contributed by atoms with Crippen LogP contribution in [0, 0.1) is 13.8 Å². The molecule has 0 aliphatic heterocycles. The van der Waals surface area contributed by atoms with E-state index in [-0.39, 0.29) is 0 Å². The van der Waals surface area contributed by atoms with Crippen LogP contribution in [0.15, 0.2) is 48.8 Å². The van der Waals surface area contributed by atoms with Crippen LogP contribution >= 0.6 is 11.6 Å². The van der Waals surface area contributed by atoms with E-state index < -0.39 is 0 Å². The minimum absolute atomic E-state index is 0.675. The summed E-state index contributed by atoms with van der Waals surface area (Å²) >= 11 is 6.17. The monoisotopic (exact) mass is 339 g/mol. The van der Waals surface area contributed by atoms with E-state index in [2.05, 4.69) is 25.6 Å². The summed E-state index contributed by atoms with van der Waals surface area (Å²) in [7, 11) is 0. The van der Waals surface area contributed by atoms with Crippen molar-refractivity contribution < 1.29 is 0 Å². The van der Waals surface area contributed by atoms with E-state index in [1.807, 2.05) is 50.2 Å². The largest absolute Gasteiger partial charge is 0.366 e. The highest BCUT2D eigenvalue weighted by Gasteiger charge is 2.06. The topological polar surface area (TPSA) is 62.7 Å². The second-order valence-electron chi connectivity index (χ2n) is 5.43. The van der Waals surface area contributed by atoms with Crippen LogP contribution in [0.25, 0.3) is 0 Å². The normalized spacial score (nSPS) is 10.5. The van der Waals surface area contributed by atoms with Crippen molar-refractivity contribution in [1.29, 1.82) is 0 Å². The van der Waals surface area contributed by atoms with Crippen molar-refractivity contribution in [2.24, 2.45) is 0 Å². The van der Waals surface area contributed by atoms with Gasteiger partial charge < -0.3 is 10.6 Å². The highest BCUT2D eigenvalue weighted by atomic mass is 35.5. The highest BCUT2D eigenvalue weighted by Crippen LogP contribution is 2.26. The van der Waals surface area contributed by atoms with Gasteiger partial charge in [0.25, 0.3) is 0 Å².